The van der Waals surface area contributed by atoms with Crippen molar-refractivity contribution in [2.45, 2.75) is 13.5 Å². The van der Waals surface area contributed by atoms with Gasteiger partial charge in [-0.15, -0.1) is 11.3 Å². The molecule has 0 atom stereocenters. The van der Waals surface area contributed by atoms with E-state index in [9.17, 15) is 0 Å². The number of aryl methyl sites for hydroxylation is 1. The average Bonchev–Trinajstić information content (AvgIpc) is 2.92. The summed E-state index contributed by atoms with van der Waals surface area (Å²) < 4.78 is 0. The van der Waals surface area contributed by atoms with E-state index in [2.05, 4.69) is 72.9 Å². The van der Waals surface area contributed by atoms with Crippen LogP contribution >= 0.6 is 11.3 Å². The molecule has 100 valence electrons. The molecule has 0 aliphatic heterocycles. The highest BCUT2D eigenvalue weighted by Crippen LogP contribution is 2.22. The zero-order chi connectivity index (χ0) is 13.8. The van der Waals surface area contributed by atoms with Crippen molar-refractivity contribution in [1.29, 1.82) is 0 Å². The lowest BCUT2D eigenvalue weighted by atomic mass is 10.1. The molecular formula is C18H17NS. The fourth-order valence-electron chi connectivity index (χ4n) is 2.18. The monoisotopic (exact) mass is 279 g/mol. The third-order valence-electron chi connectivity index (χ3n) is 3.25. The molecule has 0 fully saturated rings. The molecule has 2 aromatic carbocycles. The second-order valence-electron chi connectivity index (χ2n) is 4.81. The Balaban J connectivity index is 1.67. The van der Waals surface area contributed by atoms with Crippen LogP contribution in [0.15, 0.2) is 66.7 Å². The van der Waals surface area contributed by atoms with Crippen LogP contribution in [-0.4, -0.2) is 0 Å². The zero-order valence-electron chi connectivity index (χ0n) is 11.5. The largest absolute Gasteiger partial charge is 0.380 e. The lowest BCUT2D eigenvalue weighted by Crippen LogP contribution is -1.96. The van der Waals surface area contributed by atoms with E-state index in [-0.39, 0.29) is 0 Å². The number of nitrogens with one attached hydrogen (secondary N) is 1. The predicted octanol–water partition coefficient (Wildman–Crippen LogP) is 5.34. The molecule has 1 aromatic heterocycles. The maximum Gasteiger partial charge on any atom is 0.0494 e. The fourth-order valence-corrected chi connectivity index (χ4v) is 3.01. The molecule has 0 unspecified atom stereocenters. The van der Waals surface area contributed by atoms with E-state index in [1.54, 1.807) is 0 Å². The maximum absolute atomic E-state index is 3.46. The van der Waals surface area contributed by atoms with Crippen LogP contribution in [0, 0.1) is 6.92 Å². The van der Waals surface area contributed by atoms with Crippen LogP contribution in [0.1, 0.15) is 9.75 Å². The Morgan fingerprint density at radius 1 is 0.800 bits per heavy atom. The van der Waals surface area contributed by atoms with E-state index in [1.807, 2.05) is 17.4 Å². The van der Waals surface area contributed by atoms with E-state index >= 15 is 0 Å². The molecule has 1 heterocycles. The van der Waals surface area contributed by atoms with Gasteiger partial charge in [-0.25, -0.2) is 0 Å². The Labute approximate surface area is 123 Å². The average molecular weight is 279 g/mol. The van der Waals surface area contributed by atoms with Gasteiger partial charge in [-0.1, -0.05) is 42.5 Å². The first-order valence-electron chi connectivity index (χ1n) is 6.76. The van der Waals surface area contributed by atoms with Gasteiger partial charge in [-0.3, -0.25) is 0 Å². The Bertz CT molecular complexity index is 668. The smallest absolute Gasteiger partial charge is 0.0494 e. The van der Waals surface area contributed by atoms with Crippen molar-refractivity contribution in [2.24, 2.45) is 0 Å². The van der Waals surface area contributed by atoms with Crippen LogP contribution in [0.4, 0.5) is 5.69 Å². The Hall–Kier alpha value is -2.06. The molecule has 0 aliphatic carbocycles. The number of benzene rings is 2. The minimum Gasteiger partial charge on any atom is -0.380 e. The topological polar surface area (TPSA) is 12.0 Å². The van der Waals surface area contributed by atoms with Crippen molar-refractivity contribution in [3.63, 3.8) is 0 Å². The van der Waals surface area contributed by atoms with Crippen molar-refractivity contribution in [3.05, 3.63) is 76.5 Å². The summed E-state index contributed by atoms with van der Waals surface area (Å²) in [6.45, 7) is 3.03. The van der Waals surface area contributed by atoms with E-state index in [4.69, 9.17) is 0 Å². The Kier molecular flexibility index (Phi) is 3.84. The first-order valence-corrected chi connectivity index (χ1v) is 7.57. The zero-order valence-corrected chi connectivity index (χ0v) is 12.3. The van der Waals surface area contributed by atoms with E-state index < -0.39 is 0 Å². The van der Waals surface area contributed by atoms with Gasteiger partial charge in [0.2, 0.25) is 0 Å². The molecular weight excluding hydrogens is 262 g/mol. The summed E-state index contributed by atoms with van der Waals surface area (Å²) in [5.74, 6) is 0. The standard InChI is InChI=1S/C18H17NS/c1-14-7-12-18(20-14)13-19-17-10-8-16(9-11-17)15-5-3-2-4-6-15/h2-12,19H,13H2,1H3. The molecule has 3 aromatic rings. The van der Waals surface area contributed by atoms with Crippen LogP contribution in [0.25, 0.3) is 11.1 Å². The Morgan fingerprint density at radius 2 is 1.50 bits per heavy atom. The first kappa shape index (κ1) is 12.9. The van der Waals surface area contributed by atoms with E-state index in [0.717, 1.165) is 12.2 Å². The van der Waals surface area contributed by atoms with Crippen LogP contribution in [0.5, 0.6) is 0 Å². The molecule has 20 heavy (non-hydrogen) atoms. The van der Waals surface area contributed by atoms with E-state index in [1.165, 1.54) is 20.9 Å². The predicted molar refractivity (Wildman–Crippen MR) is 88.3 cm³/mol. The molecule has 0 amide bonds. The van der Waals surface area contributed by atoms with Crippen molar-refractivity contribution in [3.8, 4) is 11.1 Å². The van der Waals surface area contributed by atoms with Gasteiger partial charge < -0.3 is 5.32 Å². The van der Waals surface area contributed by atoms with Crippen LogP contribution < -0.4 is 5.32 Å². The third kappa shape index (κ3) is 3.09. The van der Waals surface area contributed by atoms with Crippen molar-refractivity contribution in [1.82, 2.24) is 0 Å². The second kappa shape index (κ2) is 5.93. The quantitative estimate of drug-likeness (QED) is 0.680. The molecule has 0 saturated heterocycles. The number of rotatable bonds is 4. The SMILES string of the molecule is Cc1ccc(CNc2ccc(-c3ccccc3)cc2)s1. The molecule has 0 radical (unpaired) electrons. The van der Waals surface area contributed by atoms with Crippen molar-refractivity contribution < 1.29 is 0 Å². The highest BCUT2D eigenvalue weighted by atomic mass is 32.1. The van der Waals surface area contributed by atoms with Gasteiger partial charge >= 0.3 is 0 Å². The molecule has 0 saturated carbocycles. The maximum atomic E-state index is 3.46. The lowest BCUT2D eigenvalue weighted by molar-refractivity contribution is 1.19. The minimum absolute atomic E-state index is 0.892. The molecule has 3 rings (SSSR count). The summed E-state index contributed by atoms with van der Waals surface area (Å²) in [4.78, 5) is 2.73. The molecule has 1 nitrogen and oxygen atoms in total. The van der Waals surface area contributed by atoms with Gasteiger partial charge in [0.1, 0.15) is 0 Å². The third-order valence-corrected chi connectivity index (χ3v) is 4.26. The van der Waals surface area contributed by atoms with Gasteiger partial charge in [0.05, 0.1) is 0 Å². The normalized spacial score (nSPS) is 10.4. The Morgan fingerprint density at radius 3 is 2.15 bits per heavy atom. The van der Waals surface area contributed by atoms with Crippen LogP contribution in [0.2, 0.25) is 0 Å². The van der Waals surface area contributed by atoms with Gasteiger partial charge in [-0.05, 0) is 42.3 Å². The molecule has 0 bridgehead atoms. The van der Waals surface area contributed by atoms with Crippen molar-refractivity contribution in [2.75, 3.05) is 5.32 Å². The van der Waals surface area contributed by atoms with E-state index in [0.29, 0.717) is 0 Å². The highest BCUT2D eigenvalue weighted by molar-refractivity contribution is 7.11. The van der Waals surface area contributed by atoms with Crippen LogP contribution in [-0.2, 0) is 6.54 Å². The number of thiophene rings is 1. The first-order chi connectivity index (χ1) is 9.81. The highest BCUT2D eigenvalue weighted by Gasteiger charge is 1.99. The summed E-state index contributed by atoms with van der Waals surface area (Å²) in [7, 11) is 0. The summed E-state index contributed by atoms with van der Waals surface area (Å²) in [5.41, 5.74) is 3.67. The van der Waals surface area contributed by atoms with Gasteiger partial charge in [0, 0.05) is 22.0 Å². The summed E-state index contributed by atoms with van der Waals surface area (Å²) in [5, 5.41) is 3.46. The van der Waals surface area contributed by atoms with Crippen molar-refractivity contribution >= 4 is 17.0 Å². The number of anilines is 1. The van der Waals surface area contributed by atoms with Gasteiger partial charge in [-0.2, -0.15) is 0 Å². The molecule has 2 heteroatoms. The van der Waals surface area contributed by atoms with Crippen LogP contribution in [0.3, 0.4) is 0 Å². The summed E-state index contributed by atoms with van der Waals surface area (Å²) in [6.07, 6.45) is 0. The fraction of sp³-hybridized carbons (Fsp3) is 0.111. The molecule has 0 spiro atoms. The molecule has 0 aliphatic rings. The minimum atomic E-state index is 0.892. The second-order valence-corrected chi connectivity index (χ2v) is 6.18. The lowest BCUT2D eigenvalue weighted by Gasteiger charge is -2.06. The molecule has 1 N–H and O–H groups in total. The van der Waals surface area contributed by atoms with Gasteiger partial charge in [0.25, 0.3) is 0 Å². The number of hydrogen-bond acceptors (Lipinski definition) is 2. The van der Waals surface area contributed by atoms with Gasteiger partial charge in [0.15, 0.2) is 0 Å². The summed E-state index contributed by atoms with van der Waals surface area (Å²) >= 11 is 1.84. The summed E-state index contributed by atoms with van der Waals surface area (Å²) in [6, 6.07) is 23.4. The number of hydrogen-bond donors (Lipinski definition) is 1.